The van der Waals surface area contributed by atoms with Crippen LogP contribution in [-0.4, -0.2) is 31.0 Å². The van der Waals surface area contributed by atoms with Crippen LogP contribution >= 0.6 is 11.6 Å². The quantitative estimate of drug-likeness (QED) is 0.871. The first kappa shape index (κ1) is 17.6. The van der Waals surface area contributed by atoms with Gasteiger partial charge in [0.25, 0.3) is 5.91 Å². The number of methoxy groups -OCH3 is 1. The molecule has 2 aromatic carbocycles. The lowest BCUT2D eigenvalue weighted by Gasteiger charge is -2.19. The highest BCUT2D eigenvalue weighted by atomic mass is 35.5. The molecule has 2 rings (SSSR count). The van der Waals surface area contributed by atoms with E-state index in [-0.39, 0.29) is 5.91 Å². The molecule has 0 saturated heterocycles. The van der Waals surface area contributed by atoms with Crippen molar-refractivity contribution >= 4 is 29.2 Å². The van der Waals surface area contributed by atoms with Crippen molar-refractivity contribution in [2.24, 2.45) is 5.73 Å². The van der Waals surface area contributed by atoms with Gasteiger partial charge >= 0.3 is 6.03 Å². The fraction of sp³-hybridized carbons (Fsp3) is 0.176. The number of hydrogen-bond donors (Lipinski definition) is 2. The number of anilines is 1. The van der Waals surface area contributed by atoms with E-state index in [9.17, 15) is 9.59 Å². The van der Waals surface area contributed by atoms with Crippen molar-refractivity contribution in [1.82, 2.24) is 4.90 Å². The molecular weight excluding hydrogens is 330 g/mol. The summed E-state index contributed by atoms with van der Waals surface area (Å²) in [6, 6.07) is 11.1. The molecular formula is C17H18ClN3O3. The second-order valence-electron chi connectivity index (χ2n) is 5.18. The monoisotopic (exact) mass is 347 g/mol. The maximum atomic E-state index is 12.5. The van der Waals surface area contributed by atoms with Crippen molar-refractivity contribution < 1.29 is 14.3 Å². The van der Waals surface area contributed by atoms with E-state index < -0.39 is 6.03 Å². The molecule has 3 amide bonds. The standard InChI is InChI=1S/C17H18ClN3O3/c1-21(10-12-9-13(18)5-8-15(12)24-2)16(22)11-3-6-14(7-4-11)20-17(19)23/h3-9H,10H2,1-2H3,(H3,19,20,23). The van der Waals surface area contributed by atoms with Crippen LogP contribution in [0, 0.1) is 0 Å². The zero-order valence-corrected chi connectivity index (χ0v) is 14.1. The first-order valence-corrected chi connectivity index (χ1v) is 7.53. The van der Waals surface area contributed by atoms with E-state index in [1.807, 2.05) is 0 Å². The normalized spacial score (nSPS) is 10.1. The van der Waals surface area contributed by atoms with Gasteiger partial charge in [-0.3, -0.25) is 4.79 Å². The Kier molecular flexibility index (Phi) is 5.65. The van der Waals surface area contributed by atoms with E-state index in [0.717, 1.165) is 5.56 Å². The van der Waals surface area contributed by atoms with Crippen LogP contribution in [0.4, 0.5) is 10.5 Å². The van der Waals surface area contributed by atoms with Gasteiger partial charge in [0.05, 0.1) is 7.11 Å². The second-order valence-corrected chi connectivity index (χ2v) is 5.62. The summed E-state index contributed by atoms with van der Waals surface area (Å²) in [5.74, 6) is 0.503. The van der Waals surface area contributed by atoms with Gasteiger partial charge in [-0.25, -0.2) is 4.79 Å². The molecule has 3 N–H and O–H groups in total. The first-order valence-electron chi connectivity index (χ1n) is 7.15. The van der Waals surface area contributed by atoms with Crippen molar-refractivity contribution in [3.05, 3.63) is 58.6 Å². The number of halogens is 1. The predicted octanol–water partition coefficient (Wildman–Crippen LogP) is 3.11. The van der Waals surface area contributed by atoms with Crippen molar-refractivity contribution in [2.75, 3.05) is 19.5 Å². The van der Waals surface area contributed by atoms with Crippen molar-refractivity contribution in [1.29, 1.82) is 0 Å². The molecule has 24 heavy (non-hydrogen) atoms. The molecule has 6 nitrogen and oxygen atoms in total. The number of nitrogens with zero attached hydrogens (tertiary/aromatic N) is 1. The lowest BCUT2D eigenvalue weighted by Crippen LogP contribution is -2.26. The highest BCUT2D eigenvalue weighted by Gasteiger charge is 2.14. The Morgan fingerprint density at radius 1 is 1.21 bits per heavy atom. The number of amides is 3. The third-order valence-electron chi connectivity index (χ3n) is 3.40. The number of benzene rings is 2. The van der Waals surface area contributed by atoms with E-state index in [2.05, 4.69) is 5.32 Å². The second kappa shape index (κ2) is 7.70. The molecule has 0 heterocycles. The molecule has 0 aliphatic heterocycles. The summed E-state index contributed by atoms with van der Waals surface area (Å²) in [5, 5.41) is 3.02. The Hall–Kier alpha value is -2.73. The summed E-state index contributed by atoms with van der Waals surface area (Å²) >= 11 is 6.01. The van der Waals surface area contributed by atoms with E-state index >= 15 is 0 Å². The fourth-order valence-corrected chi connectivity index (χ4v) is 2.45. The van der Waals surface area contributed by atoms with Crippen LogP contribution in [0.3, 0.4) is 0 Å². The maximum Gasteiger partial charge on any atom is 0.316 e. The lowest BCUT2D eigenvalue weighted by molar-refractivity contribution is 0.0784. The van der Waals surface area contributed by atoms with Crippen LogP contribution < -0.4 is 15.8 Å². The molecule has 0 aliphatic carbocycles. The van der Waals surface area contributed by atoms with Gasteiger partial charge in [0.1, 0.15) is 5.75 Å². The summed E-state index contributed by atoms with van der Waals surface area (Å²) in [6.45, 7) is 0.351. The number of nitrogens with one attached hydrogen (secondary N) is 1. The molecule has 0 bridgehead atoms. The Balaban J connectivity index is 2.12. The summed E-state index contributed by atoms with van der Waals surface area (Å²) in [4.78, 5) is 24.9. The number of hydrogen-bond acceptors (Lipinski definition) is 3. The molecule has 0 aromatic heterocycles. The van der Waals surface area contributed by atoms with Crippen molar-refractivity contribution in [2.45, 2.75) is 6.54 Å². The summed E-state index contributed by atoms with van der Waals surface area (Å²) < 4.78 is 5.29. The lowest BCUT2D eigenvalue weighted by atomic mass is 10.1. The number of carbonyl (C=O) groups excluding carboxylic acids is 2. The highest BCUT2D eigenvalue weighted by molar-refractivity contribution is 6.30. The topological polar surface area (TPSA) is 84.7 Å². The third-order valence-corrected chi connectivity index (χ3v) is 3.63. The van der Waals surface area contributed by atoms with Crippen LogP contribution in [0.15, 0.2) is 42.5 Å². The van der Waals surface area contributed by atoms with Crippen molar-refractivity contribution in [3.8, 4) is 5.75 Å². The molecule has 0 radical (unpaired) electrons. The minimum atomic E-state index is -0.653. The van der Waals surface area contributed by atoms with Gasteiger partial charge in [0.15, 0.2) is 0 Å². The number of urea groups is 1. The zero-order valence-electron chi connectivity index (χ0n) is 13.4. The van der Waals surface area contributed by atoms with Crippen LogP contribution in [0.1, 0.15) is 15.9 Å². The molecule has 0 fully saturated rings. The first-order chi connectivity index (χ1) is 11.4. The SMILES string of the molecule is COc1ccc(Cl)cc1CN(C)C(=O)c1ccc(NC(N)=O)cc1. The largest absolute Gasteiger partial charge is 0.496 e. The van der Waals surface area contributed by atoms with Gasteiger partial charge in [0, 0.05) is 35.4 Å². The van der Waals surface area contributed by atoms with E-state index in [1.165, 1.54) is 0 Å². The molecule has 0 aliphatic rings. The number of carbonyl (C=O) groups is 2. The number of rotatable bonds is 5. The minimum absolute atomic E-state index is 0.164. The molecule has 126 valence electrons. The average molecular weight is 348 g/mol. The Bertz CT molecular complexity index is 747. The Morgan fingerprint density at radius 3 is 2.46 bits per heavy atom. The molecule has 0 unspecified atom stereocenters. The molecule has 0 spiro atoms. The van der Waals surface area contributed by atoms with Gasteiger partial charge in [-0.2, -0.15) is 0 Å². The number of nitrogens with two attached hydrogens (primary N) is 1. The van der Waals surface area contributed by atoms with Gasteiger partial charge < -0.3 is 20.7 Å². The van der Waals surface area contributed by atoms with Gasteiger partial charge in [-0.15, -0.1) is 0 Å². The molecule has 0 atom stereocenters. The molecule has 0 saturated carbocycles. The molecule has 7 heteroatoms. The van der Waals surface area contributed by atoms with E-state index in [1.54, 1.807) is 61.5 Å². The summed E-state index contributed by atoms with van der Waals surface area (Å²) in [5.41, 5.74) is 6.88. The van der Waals surface area contributed by atoms with Crippen LogP contribution in [0.25, 0.3) is 0 Å². The number of ether oxygens (including phenoxy) is 1. The summed E-state index contributed by atoms with van der Waals surface area (Å²) in [7, 11) is 3.26. The van der Waals surface area contributed by atoms with E-state index in [0.29, 0.717) is 28.6 Å². The maximum absolute atomic E-state index is 12.5. The number of primary amides is 1. The van der Waals surface area contributed by atoms with Crippen LogP contribution in [-0.2, 0) is 6.54 Å². The predicted molar refractivity (Wildman–Crippen MR) is 93.4 cm³/mol. The van der Waals surface area contributed by atoms with Crippen LogP contribution in [0.2, 0.25) is 5.02 Å². The van der Waals surface area contributed by atoms with E-state index in [4.69, 9.17) is 22.1 Å². The van der Waals surface area contributed by atoms with Gasteiger partial charge in [0.2, 0.25) is 0 Å². The zero-order chi connectivity index (χ0) is 17.7. The highest BCUT2D eigenvalue weighted by Crippen LogP contribution is 2.24. The Labute approximate surface area is 145 Å². The minimum Gasteiger partial charge on any atom is -0.496 e. The fourth-order valence-electron chi connectivity index (χ4n) is 2.26. The smallest absolute Gasteiger partial charge is 0.316 e. The average Bonchev–Trinajstić information content (AvgIpc) is 2.54. The summed E-state index contributed by atoms with van der Waals surface area (Å²) in [6.07, 6.45) is 0. The van der Waals surface area contributed by atoms with Crippen molar-refractivity contribution in [3.63, 3.8) is 0 Å². The third kappa shape index (κ3) is 4.39. The van der Waals surface area contributed by atoms with Crippen LogP contribution in [0.5, 0.6) is 5.75 Å². The Morgan fingerprint density at radius 2 is 1.88 bits per heavy atom. The van der Waals surface area contributed by atoms with Gasteiger partial charge in [-0.1, -0.05) is 11.6 Å². The van der Waals surface area contributed by atoms with Gasteiger partial charge in [-0.05, 0) is 42.5 Å². The molecule has 2 aromatic rings.